The SMILES string of the molecule is O=C(N/N=C/c1cccc(Cl)c1Cl)c1cc(-c2ccc3c4c(cccc24)CC3)n[nH]1. The molecule has 0 saturated carbocycles. The van der Waals surface area contributed by atoms with Crippen molar-refractivity contribution in [3.8, 4) is 11.3 Å². The number of H-pyrrole nitrogens is 1. The Bertz CT molecular complexity index is 1320. The van der Waals surface area contributed by atoms with Crippen molar-refractivity contribution in [3.63, 3.8) is 0 Å². The molecule has 0 radical (unpaired) electrons. The largest absolute Gasteiger partial charge is 0.289 e. The summed E-state index contributed by atoms with van der Waals surface area (Å²) in [5, 5.41) is 14.4. The molecular weight excluding hydrogens is 419 g/mol. The Morgan fingerprint density at radius 1 is 1.07 bits per heavy atom. The van der Waals surface area contributed by atoms with E-state index in [1.165, 1.54) is 22.7 Å². The molecular formula is C23H16Cl2N4O. The summed E-state index contributed by atoms with van der Waals surface area (Å²) in [6.07, 6.45) is 3.59. The van der Waals surface area contributed by atoms with Crippen molar-refractivity contribution in [2.75, 3.05) is 0 Å². The molecule has 5 nitrogen and oxygen atoms in total. The summed E-state index contributed by atoms with van der Waals surface area (Å²) in [6, 6.07) is 17.5. The van der Waals surface area contributed by atoms with E-state index < -0.39 is 5.91 Å². The normalized spacial score (nSPS) is 12.7. The summed E-state index contributed by atoms with van der Waals surface area (Å²) in [6.45, 7) is 0. The highest BCUT2D eigenvalue weighted by molar-refractivity contribution is 6.43. The fourth-order valence-electron chi connectivity index (χ4n) is 3.89. The van der Waals surface area contributed by atoms with E-state index in [1.807, 2.05) is 0 Å². The van der Waals surface area contributed by atoms with Crippen molar-refractivity contribution in [2.45, 2.75) is 12.8 Å². The van der Waals surface area contributed by atoms with E-state index in [0.29, 0.717) is 21.3 Å². The molecule has 30 heavy (non-hydrogen) atoms. The molecule has 2 N–H and O–H groups in total. The van der Waals surface area contributed by atoms with Crippen molar-refractivity contribution >= 4 is 46.1 Å². The van der Waals surface area contributed by atoms with Crippen LogP contribution < -0.4 is 5.43 Å². The molecule has 4 aromatic rings. The summed E-state index contributed by atoms with van der Waals surface area (Å²) in [7, 11) is 0. The summed E-state index contributed by atoms with van der Waals surface area (Å²) in [4.78, 5) is 12.5. The highest BCUT2D eigenvalue weighted by Crippen LogP contribution is 2.36. The lowest BCUT2D eigenvalue weighted by molar-refractivity contribution is 0.0950. The zero-order valence-corrected chi connectivity index (χ0v) is 17.3. The Balaban J connectivity index is 1.39. The second-order valence-electron chi connectivity index (χ2n) is 7.12. The number of carbonyl (C=O) groups is 1. The van der Waals surface area contributed by atoms with Crippen molar-refractivity contribution in [1.29, 1.82) is 0 Å². The molecule has 0 aliphatic heterocycles. The summed E-state index contributed by atoms with van der Waals surface area (Å²) >= 11 is 12.1. The molecule has 0 bridgehead atoms. The van der Waals surface area contributed by atoms with E-state index in [0.717, 1.165) is 29.5 Å². The number of nitrogens with one attached hydrogen (secondary N) is 2. The standard InChI is InChI=1S/C23H16Cl2N4O/c24-18-6-2-4-15(22(18)25)12-26-29-23(30)20-11-19(27-28-20)16-10-9-14-8-7-13-3-1-5-17(16)21(13)14/h1-6,9-12H,7-8H2,(H,27,28)(H,29,30)/b26-12+. The quantitative estimate of drug-likeness (QED) is 0.333. The van der Waals surface area contributed by atoms with E-state index in [-0.39, 0.29) is 0 Å². The van der Waals surface area contributed by atoms with Crippen LogP contribution in [-0.4, -0.2) is 22.3 Å². The fraction of sp³-hybridized carbons (Fsp3) is 0.0870. The molecule has 1 heterocycles. The van der Waals surface area contributed by atoms with Gasteiger partial charge in [-0.1, -0.05) is 65.7 Å². The van der Waals surface area contributed by atoms with Gasteiger partial charge < -0.3 is 0 Å². The number of carbonyl (C=O) groups excluding carboxylic acids is 1. The Morgan fingerprint density at radius 2 is 1.87 bits per heavy atom. The first-order chi connectivity index (χ1) is 14.6. The molecule has 5 rings (SSSR count). The third-order valence-corrected chi connectivity index (χ3v) is 6.16. The number of hydrazone groups is 1. The number of halogens is 2. The first-order valence-corrected chi connectivity index (χ1v) is 10.2. The number of aromatic amines is 1. The Labute approximate surface area is 182 Å². The van der Waals surface area contributed by atoms with Crippen molar-refractivity contribution in [3.05, 3.63) is 87.0 Å². The number of hydrogen-bond acceptors (Lipinski definition) is 3. The minimum Gasteiger partial charge on any atom is -0.272 e. The van der Waals surface area contributed by atoms with Gasteiger partial charge in [-0.15, -0.1) is 0 Å². The maximum atomic E-state index is 12.5. The molecule has 3 aromatic carbocycles. The highest BCUT2D eigenvalue weighted by Gasteiger charge is 2.18. The topological polar surface area (TPSA) is 70.1 Å². The molecule has 1 amide bonds. The lowest BCUT2D eigenvalue weighted by atomic mass is 9.98. The Hall–Kier alpha value is -3.15. The van der Waals surface area contributed by atoms with E-state index in [9.17, 15) is 4.79 Å². The third-order valence-electron chi connectivity index (χ3n) is 5.33. The van der Waals surface area contributed by atoms with Crippen molar-refractivity contribution in [1.82, 2.24) is 15.6 Å². The van der Waals surface area contributed by atoms with Crippen LogP contribution in [0.5, 0.6) is 0 Å². The smallest absolute Gasteiger partial charge is 0.272 e. The molecule has 1 aliphatic carbocycles. The highest BCUT2D eigenvalue weighted by atomic mass is 35.5. The molecule has 0 unspecified atom stereocenters. The molecule has 1 aromatic heterocycles. The van der Waals surface area contributed by atoms with E-state index in [4.69, 9.17) is 23.2 Å². The zero-order chi connectivity index (χ0) is 20.7. The average molecular weight is 435 g/mol. The van der Waals surface area contributed by atoms with Crippen LogP contribution in [0.2, 0.25) is 10.0 Å². The van der Waals surface area contributed by atoms with Crippen LogP contribution in [-0.2, 0) is 12.8 Å². The average Bonchev–Trinajstić information content (AvgIpc) is 3.40. The number of nitrogens with zero attached hydrogens (tertiary/aromatic N) is 2. The van der Waals surface area contributed by atoms with Crippen LogP contribution in [0.1, 0.15) is 27.2 Å². The maximum Gasteiger partial charge on any atom is 0.289 e. The molecule has 0 atom stereocenters. The van der Waals surface area contributed by atoms with Crippen molar-refractivity contribution < 1.29 is 4.79 Å². The van der Waals surface area contributed by atoms with Gasteiger partial charge in [0.25, 0.3) is 5.91 Å². The van der Waals surface area contributed by atoms with E-state index in [2.05, 4.69) is 51.1 Å². The number of hydrogen-bond donors (Lipinski definition) is 2. The van der Waals surface area contributed by atoms with Gasteiger partial charge in [-0.25, -0.2) is 5.43 Å². The number of aryl methyl sites for hydroxylation is 2. The lowest BCUT2D eigenvalue weighted by Gasteiger charge is -2.06. The van der Waals surface area contributed by atoms with Gasteiger partial charge in [0.1, 0.15) is 5.69 Å². The van der Waals surface area contributed by atoms with Crippen molar-refractivity contribution in [2.24, 2.45) is 5.10 Å². The van der Waals surface area contributed by atoms with Crippen LogP contribution in [0, 0.1) is 0 Å². The second kappa shape index (κ2) is 7.59. The summed E-state index contributed by atoms with van der Waals surface area (Å²) in [5.41, 5.74) is 7.87. The van der Waals surface area contributed by atoms with Crippen LogP contribution in [0.3, 0.4) is 0 Å². The van der Waals surface area contributed by atoms with Gasteiger partial charge in [-0.2, -0.15) is 10.2 Å². The Morgan fingerprint density at radius 3 is 2.73 bits per heavy atom. The van der Waals surface area contributed by atoms with Gasteiger partial charge in [0, 0.05) is 11.1 Å². The van der Waals surface area contributed by atoms with Gasteiger partial charge >= 0.3 is 0 Å². The molecule has 148 valence electrons. The maximum absolute atomic E-state index is 12.5. The lowest BCUT2D eigenvalue weighted by Crippen LogP contribution is -2.18. The van der Waals surface area contributed by atoms with Gasteiger partial charge in [-0.05, 0) is 46.9 Å². The monoisotopic (exact) mass is 434 g/mol. The zero-order valence-electron chi connectivity index (χ0n) is 15.7. The molecule has 7 heteroatoms. The van der Waals surface area contributed by atoms with E-state index >= 15 is 0 Å². The van der Waals surface area contributed by atoms with Crippen LogP contribution in [0.4, 0.5) is 0 Å². The molecule has 0 fully saturated rings. The van der Waals surface area contributed by atoms with Crippen LogP contribution in [0.25, 0.3) is 22.0 Å². The van der Waals surface area contributed by atoms with Crippen LogP contribution >= 0.6 is 23.2 Å². The summed E-state index contributed by atoms with van der Waals surface area (Å²) < 4.78 is 0. The first kappa shape index (κ1) is 18.9. The second-order valence-corrected chi connectivity index (χ2v) is 7.91. The predicted molar refractivity (Wildman–Crippen MR) is 120 cm³/mol. The minimum absolute atomic E-state index is 0.322. The number of rotatable bonds is 4. The van der Waals surface area contributed by atoms with Crippen LogP contribution in [0.15, 0.2) is 59.7 Å². The Kier molecular flexibility index (Phi) is 4.77. The van der Waals surface area contributed by atoms with Gasteiger partial charge in [0.2, 0.25) is 0 Å². The molecule has 1 aliphatic rings. The number of aromatic nitrogens is 2. The van der Waals surface area contributed by atoms with E-state index in [1.54, 1.807) is 24.3 Å². The number of amides is 1. The number of benzene rings is 3. The van der Waals surface area contributed by atoms with Gasteiger partial charge in [-0.3, -0.25) is 9.89 Å². The predicted octanol–water partition coefficient (Wildman–Crippen LogP) is 5.40. The minimum atomic E-state index is -0.394. The van der Waals surface area contributed by atoms with Gasteiger partial charge in [0.15, 0.2) is 0 Å². The fourth-order valence-corrected chi connectivity index (χ4v) is 4.24. The van der Waals surface area contributed by atoms with Gasteiger partial charge in [0.05, 0.1) is 22.0 Å². The summed E-state index contributed by atoms with van der Waals surface area (Å²) in [5.74, 6) is -0.394. The molecule has 0 spiro atoms. The molecule has 0 saturated heterocycles. The third kappa shape index (κ3) is 3.26. The first-order valence-electron chi connectivity index (χ1n) is 9.48.